The van der Waals surface area contributed by atoms with E-state index in [-0.39, 0.29) is 5.82 Å². The minimum Gasteiger partial charge on any atom is -0.332 e. The summed E-state index contributed by atoms with van der Waals surface area (Å²) in [5.41, 5.74) is -0.762. The van der Waals surface area contributed by atoms with E-state index in [2.05, 4.69) is 20.0 Å². The Morgan fingerprint density at radius 3 is 2.40 bits per heavy atom. The van der Waals surface area contributed by atoms with Gasteiger partial charge in [0.2, 0.25) is 0 Å². The Kier molecular flexibility index (Phi) is 4.01. The Hall–Kier alpha value is -1.22. The number of hydrogen-bond donors (Lipinski definition) is 1. The molecule has 0 radical (unpaired) electrons. The topological polar surface area (TPSA) is 54.2 Å². The second kappa shape index (κ2) is 5.28. The van der Waals surface area contributed by atoms with Gasteiger partial charge in [0.25, 0.3) is 0 Å². The van der Waals surface area contributed by atoms with Crippen molar-refractivity contribution >= 4 is 0 Å². The largest absolute Gasteiger partial charge is 0.383 e. The predicted molar refractivity (Wildman–Crippen MR) is 61.7 cm³/mol. The van der Waals surface area contributed by atoms with Crippen molar-refractivity contribution in [1.82, 2.24) is 20.4 Å². The second-order valence-electron chi connectivity index (χ2n) is 5.14. The number of nitrogens with zero attached hydrogens (tertiary/aromatic N) is 3. The number of alkyl halides is 4. The first-order chi connectivity index (χ1) is 9.26. The molecule has 1 aliphatic rings. The molecule has 0 aliphatic carbocycles. The van der Waals surface area contributed by atoms with Crippen LogP contribution < -0.4 is 5.32 Å². The lowest BCUT2D eigenvalue weighted by molar-refractivity contribution is -0.152. The Morgan fingerprint density at radius 2 is 1.85 bits per heavy atom. The van der Waals surface area contributed by atoms with Crippen molar-refractivity contribution in [3.05, 3.63) is 11.7 Å². The third kappa shape index (κ3) is 2.64. The minimum absolute atomic E-state index is 0.0188. The van der Waals surface area contributed by atoms with Crippen LogP contribution in [-0.4, -0.2) is 47.6 Å². The van der Waals surface area contributed by atoms with Gasteiger partial charge in [0, 0.05) is 26.2 Å². The van der Waals surface area contributed by atoms with Gasteiger partial charge in [-0.2, -0.15) is 13.8 Å². The zero-order chi connectivity index (χ0) is 15.0. The predicted octanol–water partition coefficient (Wildman–Crippen LogP) is 1.57. The lowest BCUT2D eigenvalue weighted by Crippen LogP contribution is -2.52. The molecular formula is C11H16F4N4O. The smallest absolute Gasteiger partial charge is 0.332 e. The summed E-state index contributed by atoms with van der Waals surface area (Å²) in [6.45, 7) is 6.35. The van der Waals surface area contributed by atoms with Crippen LogP contribution in [0.4, 0.5) is 17.6 Å². The van der Waals surface area contributed by atoms with Gasteiger partial charge in [-0.3, -0.25) is 4.90 Å². The van der Waals surface area contributed by atoms with Gasteiger partial charge in [-0.25, -0.2) is 8.78 Å². The Bertz CT molecular complexity index is 457. The lowest BCUT2D eigenvalue weighted by Gasteiger charge is -2.38. The summed E-state index contributed by atoms with van der Waals surface area (Å²) in [4.78, 5) is 5.46. The van der Waals surface area contributed by atoms with Crippen molar-refractivity contribution in [3.8, 4) is 0 Å². The SMILES string of the molecule is CC(C)(c1noc(C(F)(F)C(F)F)n1)N1CCNCC1. The molecule has 2 rings (SSSR count). The molecule has 1 fully saturated rings. The van der Waals surface area contributed by atoms with Gasteiger partial charge in [-0.05, 0) is 13.8 Å². The standard InChI is InChI=1S/C11H16F4N4O/c1-10(2,19-5-3-16-4-6-19)8-17-9(20-18-8)11(14,15)7(12)13/h7,16H,3-6H2,1-2H3. The highest BCUT2D eigenvalue weighted by atomic mass is 19.3. The minimum atomic E-state index is -4.43. The molecular weight excluding hydrogens is 280 g/mol. The molecule has 0 saturated carbocycles. The monoisotopic (exact) mass is 296 g/mol. The van der Waals surface area contributed by atoms with Gasteiger partial charge >= 0.3 is 18.2 Å². The third-order valence-electron chi connectivity index (χ3n) is 3.44. The fourth-order valence-corrected chi connectivity index (χ4v) is 2.07. The van der Waals surface area contributed by atoms with Crippen LogP contribution in [0.3, 0.4) is 0 Å². The van der Waals surface area contributed by atoms with E-state index in [0.29, 0.717) is 13.1 Å². The summed E-state index contributed by atoms with van der Waals surface area (Å²) in [5, 5.41) is 6.61. The van der Waals surface area contributed by atoms with Crippen LogP contribution in [0.1, 0.15) is 25.6 Å². The molecule has 0 unspecified atom stereocenters. The zero-order valence-electron chi connectivity index (χ0n) is 11.2. The van der Waals surface area contributed by atoms with Crippen LogP contribution >= 0.6 is 0 Å². The van der Waals surface area contributed by atoms with Crippen LogP contribution in [0.15, 0.2) is 4.52 Å². The highest BCUT2D eigenvalue weighted by Crippen LogP contribution is 2.35. The number of piperazine rings is 1. The van der Waals surface area contributed by atoms with Crippen molar-refractivity contribution < 1.29 is 22.1 Å². The highest BCUT2D eigenvalue weighted by Gasteiger charge is 2.49. The molecule has 0 spiro atoms. The van der Waals surface area contributed by atoms with Crippen LogP contribution in [0.25, 0.3) is 0 Å². The molecule has 0 amide bonds. The summed E-state index contributed by atoms with van der Waals surface area (Å²) in [6.07, 6.45) is -3.88. The molecule has 2 heterocycles. The molecule has 1 aliphatic heterocycles. The first-order valence-electron chi connectivity index (χ1n) is 6.22. The van der Waals surface area contributed by atoms with E-state index in [0.717, 1.165) is 13.1 Å². The van der Waals surface area contributed by atoms with Crippen LogP contribution in [0, 0.1) is 0 Å². The normalized spacial score (nSPS) is 18.8. The first kappa shape index (κ1) is 15.2. The summed E-state index contributed by atoms with van der Waals surface area (Å²) < 4.78 is 55.2. The molecule has 5 nitrogen and oxygen atoms in total. The Labute approximate surface area is 113 Å². The summed E-state index contributed by atoms with van der Waals surface area (Å²) in [7, 11) is 0. The van der Waals surface area contributed by atoms with Crippen LogP contribution in [0.2, 0.25) is 0 Å². The molecule has 20 heavy (non-hydrogen) atoms. The quantitative estimate of drug-likeness (QED) is 0.855. The van der Waals surface area contributed by atoms with Crippen molar-refractivity contribution in [1.29, 1.82) is 0 Å². The van der Waals surface area contributed by atoms with Gasteiger partial charge in [-0.15, -0.1) is 0 Å². The summed E-state index contributed by atoms with van der Waals surface area (Å²) in [6, 6.07) is 0. The average Bonchev–Trinajstić information content (AvgIpc) is 2.90. The molecule has 0 atom stereocenters. The fraction of sp³-hybridized carbons (Fsp3) is 0.818. The van der Waals surface area contributed by atoms with E-state index in [9.17, 15) is 17.6 Å². The van der Waals surface area contributed by atoms with E-state index in [1.54, 1.807) is 13.8 Å². The van der Waals surface area contributed by atoms with Gasteiger partial charge in [-0.1, -0.05) is 5.16 Å². The van der Waals surface area contributed by atoms with E-state index < -0.39 is 23.8 Å². The van der Waals surface area contributed by atoms with E-state index in [4.69, 9.17) is 0 Å². The molecule has 114 valence electrons. The Balaban J connectivity index is 2.23. The second-order valence-corrected chi connectivity index (χ2v) is 5.14. The molecule has 9 heteroatoms. The molecule has 1 saturated heterocycles. The lowest BCUT2D eigenvalue weighted by atomic mass is 10.0. The zero-order valence-corrected chi connectivity index (χ0v) is 11.2. The van der Waals surface area contributed by atoms with E-state index >= 15 is 0 Å². The molecule has 1 aromatic rings. The van der Waals surface area contributed by atoms with E-state index in [1.807, 2.05) is 4.90 Å². The van der Waals surface area contributed by atoms with Crippen molar-refractivity contribution in [2.75, 3.05) is 26.2 Å². The van der Waals surface area contributed by atoms with Crippen molar-refractivity contribution in [2.24, 2.45) is 0 Å². The van der Waals surface area contributed by atoms with Gasteiger partial charge in [0.15, 0.2) is 5.82 Å². The maximum Gasteiger partial charge on any atom is 0.383 e. The molecule has 1 aromatic heterocycles. The fourth-order valence-electron chi connectivity index (χ4n) is 2.07. The van der Waals surface area contributed by atoms with E-state index in [1.165, 1.54) is 0 Å². The van der Waals surface area contributed by atoms with Crippen LogP contribution in [-0.2, 0) is 11.5 Å². The summed E-state index contributed by atoms with van der Waals surface area (Å²) in [5.74, 6) is -5.79. The summed E-state index contributed by atoms with van der Waals surface area (Å²) >= 11 is 0. The Morgan fingerprint density at radius 1 is 1.25 bits per heavy atom. The first-order valence-corrected chi connectivity index (χ1v) is 6.22. The number of halogens is 4. The molecule has 0 bridgehead atoms. The van der Waals surface area contributed by atoms with Gasteiger partial charge in [0.05, 0.1) is 5.54 Å². The third-order valence-corrected chi connectivity index (χ3v) is 3.44. The highest BCUT2D eigenvalue weighted by molar-refractivity contribution is 5.05. The van der Waals surface area contributed by atoms with Crippen molar-refractivity contribution in [3.63, 3.8) is 0 Å². The number of hydrogen-bond acceptors (Lipinski definition) is 5. The molecule has 0 aromatic carbocycles. The van der Waals surface area contributed by atoms with Crippen LogP contribution in [0.5, 0.6) is 0 Å². The number of rotatable bonds is 4. The van der Waals surface area contributed by atoms with Gasteiger partial charge in [0.1, 0.15) is 0 Å². The maximum absolute atomic E-state index is 13.2. The maximum atomic E-state index is 13.2. The number of aromatic nitrogens is 2. The number of nitrogens with one attached hydrogen (secondary N) is 1. The average molecular weight is 296 g/mol. The molecule has 1 N–H and O–H groups in total. The van der Waals surface area contributed by atoms with Gasteiger partial charge < -0.3 is 9.84 Å². The van der Waals surface area contributed by atoms with Crippen molar-refractivity contribution in [2.45, 2.75) is 31.7 Å².